The standard InChI is InChI=1S/C16H23N3O3S/c1-11-6-8-14(9-7-11)15(19(4)5)10-17-23(20,21)16-12(2)18-22-13(16)3/h6-9,15,17H,10H2,1-5H3. The van der Waals surface area contributed by atoms with Crippen LogP contribution in [0.4, 0.5) is 0 Å². The van der Waals surface area contributed by atoms with Crippen LogP contribution in [0.1, 0.15) is 28.6 Å². The zero-order chi connectivity index (χ0) is 17.2. The van der Waals surface area contributed by atoms with E-state index < -0.39 is 10.0 Å². The molecule has 6 nitrogen and oxygen atoms in total. The van der Waals surface area contributed by atoms with Gasteiger partial charge in [0.05, 0.1) is 0 Å². The molecule has 0 aliphatic heterocycles. The van der Waals surface area contributed by atoms with Gasteiger partial charge in [-0.25, -0.2) is 13.1 Å². The van der Waals surface area contributed by atoms with E-state index in [0.717, 1.165) is 5.56 Å². The van der Waals surface area contributed by atoms with E-state index in [1.807, 2.05) is 50.2 Å². The summed E-state index contributed by atoms with van der Waals surface area (Å²) in [6, 6.07) is 8.02. The molecule has 0 saturated carbocycles. The van der Waals surface area contributed by atoms with Gasteiger partial charge in [0, 0.05) is 12.6 Å². The fraction of sp³-hybridized carbons (Fsp3) is 0.438. The third-order valence-electron chi connectivity index (χ3n) is 3.79. The fourth-order valence-corrected chi connectivity index (χ4v) is 3.87. The van der Waals surface area contributed by atoms with Crippen LogP contribution < -0.4 is 4.72 Å². The number of aromatic nitrogens is 1. The second-order valence-corrected chi connectivity index (χ2v) is 7.60. The van der Waals surface area contributed by atoms with Gasteiger partial charge in [0.2, 0.25) is 10.0 Å². The van der Waals surface area contributed by atoms with Crippen molar-refractivity contribution >= 4 is 10.0 Å². The largest absolute Gasteiger partial charge is 0.360 e. The topological polar surface area (TPSA) is 75.4 Å². The maximum Gasteiger partial charge on any atom is 0.246 e. The van der Waals surface area contributed by atoms with E-state index in [-0.39, 0.29) is 17.5 Å². The maximum absolute atomic E-state index is 12.5. The Morgan fingerprint density at radius 1 is 1.17 bits per heavy atom. The average molecular weight is 337 g/mol. The Bertz CT molecular complexity index is 745. The molecular formula is C16H23N3O3S. The molecule has 1 aromatic heterocycles. The molecule has 2 aromatic rings. The zero-order valence-corrected chi connectivity index (χ0v) is 14.9. The summed E-state index contributed by atoms with van der Waals surface area (Å²) in [5.41, 5.74) is 2.59. The van der Waals surface area contributed by atoms with Crippen molar-refractivity contribution in [3.63, 3.8) is 0 Å². The van der Waals surface area contributed by atoms with Gasteiger partial charge in [-0.3, -0.25) is 0 Å². The molecule has 0 aliphatic rings. The second-order valence-electron chi connectivity index (χ2n) is 5.90. The molecule has 1 heterocycles. The predicted octanol–water partition coefficient (Wildman–Crippen LogP) is 2.18. The van der Waals surface area contributed by atoms with E-state index in [2.05, 4.69) is 9.88 Å². The molecule has 1 atom stereocenters. The number of hydrogen-bond donors (Lipinski definition) is 1. The van der Waals surface area contributed by atoms with Crippen LogP contribution in [0.3, 0.4) is 0 Å². The van der Waals surface area contributed by atoms with Crippen molar-refractivity contribution in [1.29, 1.82) is 0 Å². The van der Waals surface area contributed by atoms with Crippen molar-refractivity contribution in [3.8, 4) is 0 Å². The average Bonchev–Trinajstić information content (AvgIpc) is 2.80. The Balaban J connectivity index is 2.20. The highest BCUT2D eigenvalue weighted by Crippen LogP contribution is 2.21. The lowest BCUT2D eigenvalue weighted by Crippen LogP contribution is -2.34. The van der Waals surface area contributed by atoms with Crippen LogP contribution in [0.2, 0.25) is 0 Å². The molecule has 0 aliphatic carbocycles. The lowest BCUT2D eigenvalue weighted by atomic mass is 10.0. The minimum absolute atomic E-state index is 0.0640. The SMILES string of the molecule is Cc1ccc(C(CNS(=O)(=O)c2c(C)noc2C)N(C)C)cc1. The molecule has 1 N–H and O–H groups in total. The van der Waals surface area contributed by atoms with Crippen LogP contribution in [0.5, 0.6) is 0 Å². The summed E-state index contributed by atoms with van der Waals surface area (Å²) >= 11 is 0. The molecule has 0 fully saturated rings. The summed E-state index contributed by atoms with van der Waals surface area (Å²) < 4.78 is 32.7. The minimum atomic E-state index is -3.66. The summed E-state index contributed by atoms with van der Waals surface area (Å²) in [7, 11) is 0.195. The first kappa shape index (κ1) is 17.7. The van der Waals surface area contributed by atoms with Crippen molar-refractivity contribution in [2.45, 2.75) is 31.7 Å². The normalized spacial score (nSPS) is 13.5. The number of hydrogen-bond acceptors (Lipinski definition) is 5. The molecule has 0 saturated heterocycles. The number of aryl methyl sites for hydroxylation is 3. The van der Waals surface area contributed by atoms with E-state index in [9.17, 15) is 8.42 Å². The molecule has 0 spiro atoms. The van der Waals surface area contributed by atoms with E-state index in [4.69, 9.17) is 4.52 Å². The van der Waals surface area contributed by atoms with Crippen LogP contribution in [0.25, 0.3) is 0 Å². The van der Waals surface area contributed by atoms with Gasteiger partial charge in [-0.2, -0.15) is 0 Å². The highest BCUT2D eigenvalue weighted by molar-refractivity contribution is 7.89. The Morgan fingerprint density at radius 3 is 2.26 bits per heavy atom. The van der Waals surface area contributed by atoms with Crippen LogP contribution in [0.15, 0.2) is 33.7 Å². The van der Waals surface area contributed by atoms with E-state index in [1.165, 1.54) is 5.56 Å². The first-order chi connectivity index (χ1) is 10.7. The van der Waals surface area contributed by atoms with Gasteiger partial charge in [0.25, 0.3) is 0 Å². The van der Waals surface area contributed by atoms with E-state index in [1.54, 1.807) is 13.8 Å². The van der Waals surface area contributed by atoms with Crippen molar-refractivity contribution in [1.82, 2.24) is 14.8 Å². The minimum Gasteiger partial charge on any atom is -0.360 e. The summed E-state index contributed by atoms with van der Waals surface area (Å²) in [4.78, 5) is 2.11. The van der Waals surface area contributed by atoms with Crippen molar-refractivity contribution in [2.24, 2.45) is 0 Å². The van der Waals surface area contributed by atoms with Crippen molar-refractivity contribution in [2.75, 3.05) is 20.6 Å². The van der Waals surface area contributed by atoms with Gasteiger partial charge in [-0.1, -0.05) is 35.0 Å². The number of nitrogens with zero attached hydrogens (tertiary/aromatic N) is 2. The Kier molecular flexibility index (Phi) is 5.23. The van der Waals surface area contributed by atoms with Gasteiger partial charge in [-0.15, -0.1) is 0 Å². The summed E-state index contributed by atoms with van der Waals surface area (Å²) in [5.74, 6) is 0.298. The number of likely N-dealkylation sites (N-methyl/N-ethyl adjacent to an activating group) is 1. The van der Waals surface area contributed by atoms with Crippen LogP contribution in [-0.4, -0.2) is 39.1 Å². The molecule has 7 heteroatoms. The third-order valence-corrected chi connectivity index (χ3v) is 5.46. The highest BCUT2D eigenvalue weighted by atomic mass is 32.2. The lowest BCUT2D eigenvalue weighted by Gasteiger charge is -2.25. The van der Waals surface area contributed by atoms with Gasteiger partial charge in [0.15, 0.2) is 5.76 Å². The van der Waals surface area contributed by atoms with Crippen molar-refractivity contribution in [3.05, 3.63) is 46.8 Å². The molecule has 0 radical (unpaired) electrons. The number of nitrogens with one attached hydrogen (secondary N) is 1. The summed E-state index contributed by atoms with van der Waals surface area (Å²) in [6.07, 6.45) is 0. The van der Waals surface area contributed by atoms with Gasteiger partial charge in [0.1, 0.15) is 10.6 Å². The Morgan fingerprint density at radius 2 is 1.78 bits per heavy atom. The zero-order valence-electron chi connectivity index (χ0n) is 14.1. The van der Waals surface area contributed by atoms with Crippen LogP contribution >= 0.6 is 0 Å². The number of sulfonamides is 1. The molecule has 23 heavy (non-hydrogen) atoms. The third kappa shape index (κ3) is 3.99. The molecule has 1 aromatic carbocycles. The summed E-state index contributed by atoms with van der Waals surface area (Å²) in [5, 5.41) is 3.71. The monoisotopic (exact) mass is 337 g/mol. The summed E-state index contributed by atoms with van der Waals surface area (Å²) in [6.45, 7) is 5.50. The molecule has 1 unspecified atom stereocenters. The fourth-order valence-electron chi connectivity index (χ4n) is 2.51. The number of benzene rings is 1. The molecule has 0 bridgehead atoms. The van der Waals surface area contributed by atoms with Gasteiger partial charge in [-0.05, 0) is 40.4 Å². The predicted molar refractivity (Wildman–Crippen MR) is 88.8 cm³/mol. The van der Waals surface area contributed by atoms with Crippen LogP contribution in [0, 0.1) is 20.8 Å². The van der Waals surface area contributed by atoms with Crippen LogP contribution in [-0.2, 0) is 10.0 Å². The first-order valence-electron chi connectivity index (χ1n) is 7.38. The smallest absolute Gasteiger partial charge is 0.246 e. The molecular weight excluding hydrogens is 314 g/mol. The molecule has 0 amide bonds. The highest BCUT2D eigenvalue weighted by Gasteiger charge is 2.25. The lowest BCUT2D eigenvalue weighted by molar-refractivity contribution is 0.299. The maximum atomic E-state index is 12.5. The quantitative estimate of drug-likeness (QED) is 0.874. The first-order valence-corrected chi connectivity index (χ1v) is 8.86. The van der Waals surface area contributed by atoms with E-state index >= 15 is 0 Å². The Hall–Kier alpha value is -1.70. The Labute approximate surface area is 137 Å². The molecule has 126 valence electrons. The van der Waals surface area contributed by atoms with Crippen molar-refractivity contribution < 1.29 is 12.9 Å². The van der Waals surface area contributed by atoms with E-state index in [0.29, 0.717) is 11.5 Å². The van der Waals surface area contributed by atoms with Gasteiger partial charge >= 0.3 is 0 Å². The molecule has 2 rings (SSSR count). The second kappa shape index (κ2) is 6.82. The van der Waals surface area contributed by atoms with Gasteiger partial charge < -0.3 is 9.42 Å². The number of rotatable bonds is 6.